The van der Waals surface area contributed by atoms with Gasteiger partial charge in [-0.25, -0.2) is 4.99 Å². The van der Waals surface area contributed by atoms with Crippen molar-refractivity contribution in [1.82, 2.24) is 15.2 Å². The molecule has 0 bridgehead atoms. The van der Waals surface area contributed by atoms with E-state index in [1.54, 1.807) is 11.8 Å². The van der Waals surface area contributed by atoms with Gasteiger partial charge in [0.25, 0.3) is 5.88 Å². The van der Waals surface area contributed by atoms with Crippen LogP contribution in [0.2, 0.25) is 0 Å². The van der Waals surface area contributed by atoms with Gasteiger partial charge in [-0.1, -0.05) is 41.0 Å². The fourth-order valence-electron chi connectivity index (χ4n) is 1.86. The van der Waals surface area contributed by atoms with E-state index in [-0.39, 0.29) is 0 Å². The summed E-state index contributed by atoms with van der Waals surface area (Å²) in [6.45, 7) is 2.16. The van der Waals surface area contributed by atoms with E-state index in [0.29, 0.717) is 16.7 Å². The molecule has 0 radical (unpaired) electrons. The highest BCUT2D eigenvalue weighted by Crippen LogP contribution is 2.37. The second-order valence-corrected chi connectivity index (χ2v) is 6.44. The Bertz CT molecular complexity index is 693. The maximum Gasteiger partial charge on any atom is 0.251 e. The second kappa shape index (κ2) is 6.53. The molecule has 3 rings (SSSR count). The minimum Gasteiger partial charge on any atom is -0.425 e. The molecule has 0 spiro atoms. The number of aliphatic imine (C=N–C) groups is 1. The third-order valence-corrected chi connectivity index (χ3v) is 4.35. The molecule has 0 amide bonds. The van der Waals surface area contributed by atoms with E-state index in [1.807, 2.05) is 18.2 Å². The first-order valence-corrected chi connectivity index (χ1v) is 8.42. The Morgan fingerprint density at radius 2 is 2.19 bits per heavy atom. The highest BCUT2D eigenvalue weighted by atomic mass is 79.9. The second-order valence-electron chi connectivity index (χ2n) is 4.46. The Morgan fingerprint density at radius 3 is 3.05 bits per heavy atom. The largest absolute Gasteiger partial charge is 0.425 e. The number of aromatic nitrogens is 3. The number of unbranched alkanes of at least 4 members (excludes halogenated alkanes) is 1. The van der Waals surface area contributed by atoms with Gasteiger partial charge >= 0.3 is 0 Å². The van der Waals surface area contributed by atoms with Crippen LogP contribution >= 0.6 is 27.7 Å². The van der Waals surface area contributed by atoms with E-state index in [2.05, 4.69) is 43.0 Å². The highest BCUT2D eigenvalue weighted by Gasteiger charge is 2.18. The molecule has 0 atom stereocenters. The summed E-state index contributed by atoms with van der Waals surface area (Å²) in [6.07, 6.45) is 3.67. The van der Waals surface area contributed by atoms with E-state index in [9.17, 15) is 0 Å². The number of hydrogen-bond donors (Lipinski definition) is 0. The monoisotopic (exact) mass is 364 g/mol. The van der Waals surface area contributed by atoms with Gasteiger partial charge in [-0.3, -0.25) is 0 Å². The average Bonchev–Trinajstić information content (AvgIpc) is 2.66. The van der Waals surface area contributed by atoms with Gasteiger partial charge in [0.05, 0.1) is 5.69 Å². The first-order chi connectivity index (χ1) is 10.3. The predicted molar refractivity (Wildman–Crippen MR) is 87.4 cm³/mol. The SMILES string of the molecule is CCCCSc1nnc2c(n1)OC=Nc1ccc(Br)cc1-2. The van der Waals surface area contributed by atoms with Crippen molar-refractivity contribution >= 4 is 39.8 Å². The summed E-state index contributed by atoms with van der Waals surface area (Å²) in [4.78, 5) is 8.70. The summed E-state index contributed by atoms with van der Waals surface area (Å²) < 4.78 is 6.44. The molecule has 21 heavy (non-hydrogen) atoms. The van der Waals surface area contributed by atoms with Gasteiger partial charge in [0.15, 0.2) is 12.1 Å². The number of halogens is 1. The van der Waals surface area contributed by atoms with Gasteiger partial charge in [0.1, 0.15) is 0 Å². The average molecular weight is 365 g/mol. The lowest BCUT2D eigenvalue weighted by atomic mass is 10.1. The number of fused-ring (bicyclic) bond motifs is 3. The summed E-state index contributed by atoms with van der Waals surface area (Å²) in [5.41, 5.74) is 2.27. The standard InChI is InChI=1S/C14H13BrN4OS/c1-2-3-6-21-14-17-13-12(18-19-14)10-7-9(15)4-5-11(10)16-8-20-13/h4-5,7-8H,2-3,6H2,1H3. The van der Waals surface area contributed by atoms with Crippen LogP contribution in [0.4, 0.5) is 5.69 Å². The highest BCUT2D eigenvalue weighted by molar-refractivity contribution is 9.10. The van der Waals surface area contributed by atoms with Gasteiger partial charge < -0.3 is 4.74 Å². The minimum absolute atomic E-state index is 0.449. The molecule has 0 N–H and O–H groups in total. The third-order valence-electron chi connectivity index (χ3n) is 2.93. The van der Waals surface area contributed by atoms with Gasteiger partial charge in [0, 0.05) is 15.8 Å². The molecule has 2 heterocycles. The van der Waals surface area contributed by atoms with Crippen LogP contribution in [-0.4, -0.2) is 27.3 Å². The molecule has 1 aliphatic rings. The van der Waals surface area contributed by atoms with Crippen LogP contribution in [0.3, 0.4) is 0 Å². The van der Waals surface area contributed by atoms with Gasteiger partial charge in [-0.15, -0.1) is 10.2 Å². The van der Waals surface area contributed by atoms with Crippen molar-refractivity contribution in [2.24, 2.45) is 4.99 Å². The van der Waals surface area contributed by atoms with E-state index in [1.165, 1.54) is 6.40 Å². The topological polar surface area (TPSA) is 60.3 Å². The normalized spacial score (nSPS) is 12.3. The van der Waals surface area contributed by atoms with Crippen LogP contribution in [0, 0.1) is 0 Å². The summed E-state index contributed by atoms with van der Waals surface area (Å²) in [5.74, 6) is 1.43. The summed E-state index contributed by atoms with van der Waals surface area (Å²) in [7, 11) is 0. The summed E-state index contributed by atoms with van der Waals surface area (Å²) in [5, 5.41) is 9.10. The number of benzene rings is 1. The van der Waals surface area contributed by atoms with Crippen LogP contribution in [0.5, 0.6) is 5.88 Å². The predicted octanol–water partition coefficient (Wildman–Crippen LogP) is 4.25. The van der Waals surface area contributed by atoms with Crippen molar-refractivity contribution < 1.29 is 4.74 Å². The van der Waals surface area contributed by atoms with Crippen molar-refractivity contribution in [3.8, 4) is 17.1 Å². The molecule has 0 unspecified atom stereocenters. The van der Waals surface area contributed by atoms with Gasteiger partial charge in [0.2, 0.25) is 5.16 Å². The van der Waals surface area contributed by atoms with Crippen LogP contribution in [0.15, 0.2) is 32.8 Å². The van der Waals surface area contributed by atoms with Gasteiger partial charge in [-0.2, -0.15) is 4.98 Å². The molecular weight excluding hydrogens is 352 g/mol. The minimum atomic E-state index is 0.449. The first kappa shape index (κ1) is 14.5. The first-order valence-electron chi connectivity index (χ1n) is 6.64. The molecule has 1 aromatic carbocycles. The molecule has 7 heteroatoms. The van der Waals surface area contributed by atoms with E-state index < -0.39 is 0 Å². The van der Waals surface area contributed by atoms with E-state index >= 15 is 0 Å². The fourth-order valence-corrected chi connectivity index (χ4v) is 3.08. The number of rotatable bonds is 4. The molecule has 5 nitrogen and oxygen atoms in total. The fraction of sp³-hybridized carbons (Fsp3) is 0.286. The van der Waals surface area contributed by atoms with E-state index in [0.717, 1.165) is 34.3 Å². The van der Waals surface area contributed by atoms with Crippen molar-refractivity contribution in [3.05, 3.63) is 22.7 Å². The van der Waals surface area contributed by atoms with Crippen molar-refractivity contribution in [1.29, 1.82) is 0 Å². The molecule has 0 saturated carbocycles. The van der Waals surface area contributed by atoms with Crippen molar-refractivity contribution in [3.63, 3.8) is 0 Å². The molecule has 1 aliphatic heterocycles. The smallest absolute Gasteiger partial charge is 0.251 e. The van der Waals surface area contributed by atoms with E-state index in [4.69, 9.17) is 4.74 Å². The Labute approximate surface area is 135 Å². The van der Waals surface area contributed by atoms with Gasteiger partial charge in [-0.05, 0) is 24.6 Å². The van der Waals surface area contributed by atoms with Crippen molar-refractivity contribution in [2.75, 3.05) is 5.75 Å². The zero-order chi connectivity index (χ0) is 14.7. The maximum atomic E-state index is 5.48. The lowest BCUT2D eigenvalue weighted by Crippen LogP contribution is -2.00. The Kier molecular flexibility index (Phi) is 4.50. The number of hydrogen-bond acceptors (Lipinski definition) is 6. The quantitative estimate of drug-likeness (QED) is 0.599. The zero-order valence-corrected chi connectivity index (χ0v) is 13.8. The molecule has 0 fully saturated rings. The molecule has 1 aromatic heterocycles. The number of nitrogens with zero attached hydrogens (tertiary/aromatic N) is 4. The number of ether oxygens (including phenoxy) is 1. The Hall–Kier alpha value is -1.47. The molecule has 0 aliphatic carbocycles. The van der Waals surface area contributed by atoms with Crippen LogP contribution in [0.25, 0.3) is 11.3 Å². The zero-order valence-electron chi connectivity index (χ0n) is 11.4. The molecule has 108 valence electrons. The maximum absolute atomic E-state index is 5.48. The third kappa shape index (κ3) is 3.24. The molecular formula is C14H13BrN4OS. The van der Waals surface area contributed by atoms with Crippen LogP contribution < -0.4 is 4.74 Å². The Morgan fingerprint density at radius 1 is 1.29 bits per heavy atom. The lowest BCUT2D eigenvalue weighted by Gasteiger charge is -2.06. The lowest BCUT2D eigenvalue weighted by molar-refractivity contribution is 0.533. The van der Waals surface area contributed by atoms with Crippen molar-refractivity contribution in [2.45, 2.75) is 24.9 Å². The molecule has 2 aromatic rings. The summed E-state index contributed by atoms with van der Waals surface area (Å²) in [6, 6.07) is 5.78. The van der Waals surface area contributed by atoms with Crippen LogP contribution in [-0.2, 0) is 0 Å². The Balaban J connectivity index is 1.97. The van der Waals surface area contributed by atoms with Crippen LogP contribution in [0.1, 0.15) is 19.8 Å². The summed E-state index contributed by atoms with van der Waals surface area (Å²) >= 11 is 5.05. The number of thioether (sulfide) groups is 1. The molecule has 0 saturated heterocycles.